The quantitative estimate of drug-likeness (QED) is 0.117. The molecule has 0 spiro atoms. The molecule has 3 fully saturated rings. The highest BCUT2D eigenvalue weighted by Gasteiger charge is 2.53. The highest BCUT2D eigenvalue weighted by atomic mass is 16.7. The highest BCUT2D eigenvalue weighted by molar-refractivity contribution is 5.88. The average Bonchev–Trinajstić information content (AvgIpc) is 3.02. The normalized spacial score (nSPS) is 50.5. The number of aliphatic hydroxyl groups is 6. The third-order valence-corrected chi connectivity index (χ3v) is 11.5. The van der Waals surface area contributed by atoms with Gasteiger partial charge >= 0.3 is 5.97 Å². The Hall–Kier alpha value is -1.50. The first-order chi connectivity index (χ1) is 23.4. The third-order valence-electron chi connectivity index (χ3n) is 11.5. The number of rotatable bonds is 6. The Labute approximate surface area is 302 Å². The van der Waals surface area contributed by atoms with Crippen LogP contribution in [0.1, 0.15) is 94.9 Å². The van der Waals surface area contributed by atoms with Crippen molar-refractivity contribution in [1.29, 1.82) is 0 Å². The number of nitrogens with zero attached hydrogens (tertiary/aromatic N) is 2. The van der Waals surface area contributed by atoms with Crippen LogP contribution in [0.4, 0.5) is 0 Å². The predicted octanol–water partition coefficient (Wildman–Crippen LogP) is 1.39. The van der Waals surface area contributed by atoms with Crippen LogP contribution in [-0.2, 0) is 28.5 Å². The number of esters is 1. The number of hydrogen-bond donors (Lipinski definition) is 7. The van der Waals surface area contributed by atoms with Gasteiger partial charge in [-0.3, -0.25) is 4.79 Å². The second-order valence-electron chi connectivity index (χ2n) is 16.4. The molecule has 7 N–H and O–H groups in total. The summed E-state index contributed by atoms with van der Waals surface area (Å²) in [6.45, 7) is 16.1. The summed E-state index contributed by atoms with van der Waals surface area (Å²) >= 11 is 0. The number of hydrogen-bond acceptors (Lipinski definition) is 15. The summed E-state index contributed by atoms with van der Waals surface area (Å²) < 4.78 is 31.1. The Kier molecular flexibility index (Phi) is 14.5. The Morgan fingerprint density at radius 3 is 2.02 bits per heavy atom. The molecule has 0 saturated carbocycles. The molecule has 3 rings (SSSR count). The number of aliphatic hydroxyl groups excluding tert-OH is 3. The SMILES string of the molecule is CC[C@H]1OC(=O)[C@H](C)[C@@H](O[C@H]2C[C@@](C)(O)[C@@H](O)[C@H](C)O2)[C@H](C)[C@@H](O[C@@H]2O[C@H](C)C[C@H](N(C)C)C2O)[C@](C)(O)C[C@@H](C)/C(=N\O)[C@H](C)[C@@H](O)[C@]1(C)O. The summed E-state index contributed by atoms with van der Waals surface area (Å²) in [4.78, 5) is 15.9. The zero-order chi connectivity index (χ0) is 39.0. The molecule has 0 radical (unpaired) electrons. The molecule has 0 aromatic carbocycles. The predicted molar refractivity (Wildman–Crippen MR) is 186 cm³/mol. The van der Waals surface area contributed by atoms with E-state index in [-0.39, 0.29) is 37.1 Å². The van der Waals surface area contributed by atoms with Crippen molar-refractivity contribution in [2.45, 2.75) is 179 Å². The maximum Gasteiger partial charge on any atom is 0.311 e. The van der Waals surface area contributed by atoms with E-state index in [9.17, 15) is 40.6 Å². The molecule has 0 amide bonds. The molecule has 51 heavy (non-hydrogen) atoms. The van der Waals surface area contributed by atoms with Gasteiger partial charge < -0.3 is 64.4 Å². The molecule has 3 aliphatic heterocycles. The van der Waals surface area contributed by atoms with E-state index in [1.54, 1.807) is 41.5 Å². The second kappa shape index (κ2) is 16.9. The van der Waals surface area contributed by atoms with E-state index < -0.39 is 102 Å². The molecule has 0 aromatic rings. The van der Waals surface area contributed by atoms with E-state index in [0.717, 1.165) is 0 Å². The minimum absolute atomic E-state index is 0.0866. The molecule has 1 unspecified atom stereocenters. The zero-order valence-electron chi connectivity index (χ0n) is 32.5. The Morgan fingerprint density at radius 1 is 0.882 bits per heavy atom. The topological polar surface area (TPSA) is 220 Å². The van der Waals surface area contributed by atoms with Crippen LogP contribution in [0.5, 0.6) is 0 Å². The summed E-state index contributed by atoms with van der Waals surface area (Å²) in [5.74, 6) is -4.38. The lowest BCUT2D eigenvalue weighted by atomic mass is 9.73. The van der Waals surface area contributed by atoms with E-state index in [2.05, 4.69) is 5.16 Å². The maximum atomic E-state index is 14.1. The maximum absolute atomic E-state index is 14.1. The van der Waals surface area contributed by atoms with Gasteiger partial charge in [-0.25, -0.2) is 0 Å². The van der Waals surface area contributed by atoms with Gasteiger partial charge in [0.05, 0.1) is 53.4 Å². The molecule has 0 aliphatic carbocycles. The largest absolute Gasteiger partial charge is 0.459 e. The van der Waals surface area contributed by atoms with Crippen LogP contribution >= 0.6 is 0 Å². The lowest BCUT2D eigenvalue weighted by molar-refractivity contribution is -0.316. The van der Waals surface area contributed by atoms with Crippen molar-refractivity contribution in [3.63, 3.8) is 0 Å². The minimum atomic E-state index is -1.98. The van der Waals surface area contributed by atoms with E-state index >= 15 is 0 Å². The van der Waals surface area contributed by atoms with Crippen molar-refractivity contribution in [1.82, 2.24) is 4.90 Å². The first kappa shape index (κ1) is 43.9. The van der Waals surface area contributed by atoms with Crippen LogP contribution in [0.2, 0.25) is 0 Å². The smallest absolute Gasteiger partial charge is 0.311 e. The lowest BCUT2D eigenvalue weighted by Crippen LogP contribution is -2.61. The van der Waals surface area contributed by atoms with Gasteiger partial charge in [-0.15, -0.1) is 0 Å². The van der Waals surface area contributed by atoms with Crippen LogP contribution in [0.3, 0.4) is 0 Å². The molecule has 3 aliphatic rings. The average molecular weight is 735 g/mol. The van der Waals surface area contributed by atoms with Gasteiger partial charge in [-0.05, 0) is 74.9 Å². The molecule has 0 bridgehead atoms. The van der Waals surface area contributed by atoms with Crippen molar-refractivity contribution < 1.29 is 64.3 Å². The molecule has 15 heteroatoms. The van der Waals surface area contributed by atoms with Gasteiger partial charge in [0.2, 0.25) is 0 Å². The number of oxime groups is 1. The number of cyclic esters (lactones) is 1. The van der Waals surface area contributed by atoms with Crippen LogP contribution in [0.25, 0.3) is 0 Å². The van der Waals surface area contributed by atoms with Gasteiger partial charge in [0.25, 0.3) is 0 Å². The van der Waals surface area contributed by atoms with Crippen molar-refractivity contribution in [2.75, 3.05) is 14.1 Å². The number of ether oxygens (including phenoxy) is 5. The summed E-state index contributed by atoms with van der Waals surface area (Å²) in [6, 6.07) is -0.336. The second-order valence-corrected chi connectivity index (χ2v) is 16.4. The number of likely N-dealkylation sites (N-methyl/N-ethyl adjacent to an activating group) is 1. The third kappa shape index (κ3) is 9.60. The highest BCUT2D eigenvalue weighted by Crippen LogP contribution is 2.40. The van der Waals surface area contributed by atoms with E-state index in [4.69, 9.17) is 23.7 Å². The molecule has 18 atom stereocenters. The van der Waals surface area contributed by atoms with Crippen molar-refractivity contribution in [2.24, 2.45) is 28.8 Å². The van der Waals surface area contributed by atoms with Crippen molar-refractivity contribution >= 4 is 11.7 Å². The summed E-state index contributed by atoms with van der Waals surface area (Å²) in [7, 11) is 3.68. The summed E-state index contributed by atoms with van der Waals surface area (Å²) in [5, 5.41) is 82.3. The van der Waals surface area contributed by atoms with Crippen LogP contribution < -0.4 is 0 Å². The van der Waals surface area contributed by atoms with E-state index in [0.29, 0.717) is 6.42 Å². The first-order valence-corrected chi connectivity index (χ1v) is 18.3. The summed E-state index contributed by atoms with van der Waals surface area (Å²) in [6.07, 6.45) is -10.5. The van der Waals surface area contributed by atoms with Gasteiger partial charge in [0.1, 0.15) is 23.9 Å². The molecule has 3 heterocycles. The molecule has 15 nitrogen and oxygen atoms in total. The van der Waals surface area contributed by atoms with E-state index in [1.807, 2.05) is 25.9 Å². The van der Waals surface area contributed by atoms with Gasteiger partial charge in [-0.2, -0.15) is 0 Å². The number of carbonyl (C=O) groups excluding carboxylic acids is 1. The van der Waals surface area contributed by atoms with Gasteiger partial charge in [-0.1, -0.05) is 32.9 Å². The van der Waals surface area contributed by atoms with Crippen LogP contribution in [0.15, 0.2) is 5.16 Å². The Balaban J connectivity index is 2.20. The first-order valence-electron chi connectivity index (χ1n) is 18.3. The zero-order valence-corrected chi connectivity index (χ0v) is 32.5. The fourth-order valence-corrected chi connectivity index (χ4v) is 8.42. The molecule has 298 valence electrons. The Bertz CT molecular complexity index is 1180. The van der Waals surface area contributed by atoms with Crippen molar-refractivity contribution in [3.8, 4) is 0 Å². The van der Waals surface area contributed by atoms with Gasteiger partial charge in [0, 0.05) is 30.2 Å². The lowest BCUT2D eigenvalue weighted by Gasteiger charge is -2.48. The fourth-order valence-electron chi connectivity index (χ4n) is 8.42. The Morgan fingerprint density at radius 2 is 1.49 bits per heavy atom. The fraction of sp³-hybridized carbons (Fsp3) is 0.944. The van der Waals surface area contributed by atoms with Crippen molar-refractivity contribution in [3.05, 3.63) is 0 Å². The minimum Gasteiger partial charge on any atom is -0.459 e. The standard InChI is InChI=1S/C36H66N2O13/c1-13-24-36(10,45)29(40)19(4)26(37-46)17(2)15-35(9,44)31(51-33-27(39)23(38(11)12)14-18(3)47-33)20(5)28(21(6)32(42)49-24)50-25-16-34(8,43)30(41)22(7)48-25/h17-25,27-31,33,39-41,43-46H,13-16H2,1-12H3/b37-26+/t17-,18-,19+,20+,21-,22+,23+,24-,25+,27?,28+,29-,30+,31-,33+,34-,35-,36-/m1/s1. The van der Waals surface area contributed by atoms with Gasteiger partial charge in [0.15, 0.2) is 12.6 Å². The molecule has 3 saturated heterocycles. The number of carbonyl (C=O) groups is 1. The monoisotopic (exact) mass is 734 g/mol. The molecular formula is C36H66N2O13. The molecule has 0 aromatic heterocycles. The van der Waals surface area contributed by atoms with Crippen LogP contribution in [-0.4, -0.2) is 151 Å². The summed E-state index contributed by atoms with van der Waals surface area (Å²) in [5.41, 5.74) is -5.27. The molecular weight excluding hydrogens is 668 g/mol. The van der Waals surface area contributed by atoms with E-state index in [1.165, 1.54) is 20.8 Å². The van der Waals surface area contributed by atoms with Crippen LogP contribution in [0, 0.1) is 23.7 Å².